The van der Waals surface area contributed by atoms with E-state index in [-0.39, 0.29) is 10.6 Å². The third-order valence-corrected chi connectivity index (χ3v) is 3.46. The Morgan fingerprint density at radius 2 is 2.00 bits per heavy atom. The monoisotopic (exact) mass is 269 g/mol. The van der Waals surface area contributed by atoms with Crippen LogP contribution in [0.1, 0.15) is 16.7 Å². The summed E-state index contributed by atoms with van der Waals surface area (Å²) in [5.74, 6) is 0. The molecule has 0 aliphatic carbocycles. The van der Waals surface area contributed by atoms with Crippen LogP contribution < -0.4 is 10.6 Å². The van der Waals surface area contributed by atoms with E-state index >= 15 is 0 Å². The molecule has 2 aromatic rings. The lowest BCUT2D eigenvalue weighted by molar-refractivity contribution is -0.384. The molecule has 0 unspecified atom stereocenters. The van der Waals surface area contributed by atoms with Crippen molar-refractivity contribution in [2.45, 2.75) is 19.6 Å². The molecule has 0 radical (unpaired) electrons. The van der Waals surface area contributed by atoms with Gasteiger partial charge in [0.1, 0.15) is 0 Å². The van der Waals surface area contributed by atoms with Gasteiger partial charge in [0.15, 0.2) is 0 Å². The fourth-order valence-corrected chi connectivity index (χ4v) is 2.39. The molecule has 102 valence electrons. The Balaban J connectivity index is 1.70. The average molecular weight is 269 g/mol. The minimum absolute atomic E-state index is 0.105. The molecule has 5 nitrogen and oxygen atoms in total. The maximum atomic E-state index is 10.7. The van der Waals surface area contributed by atoms with Gasteiger partial charge in [-0.2, -0.15) is 0 Å². The molecular weight excluding hydrogens is 254 g/mol. The molecule has 20 heavy (non-hydrogen) atoms. The Morgan fingerprint density at radius 3 is 2.85 bits per heavy atom. The average Bonchev–Trinajstić information content (AvgIpc) is 2.93. The first kappa shape index (κ1) is 12.6. The fraction of sp³-hybridized carbons (Fsp3) is 0.200. The van der Waals surface area contributed by atoms with Gasteiger partial charge in [0.2, 0.25) is 0 Å². The van der Waals surface area contributed by atoms with Crippen LogP contribution in [0.5, 0.6) is 0 Å². The Morgan fingerprint density at radius 1 is 1.15 bits per heavy atom. The lowest BCUT2D eigenvalue weighted by Gasteiger charge is -2.08. The zero-order valence-corrected chi connectivity index (χ0v) is 10.9. The molecule has 2 aromatic carbocycles. The molecule has 0 saturated carbocycles. The Hall–Kier alpha value is -2.40. The molecule has 0 amide bonds. The summed E-state index contributed by atoms with van der Waals surface area (Å²) in [6, 6.07) is 13.0. The highest BCUT2D eigenvalue weighted by Crippen LogP contribution is 2.20. The van der Waals surface area contributed by atoms with Crippen molar-refractivity contribution >= 4 is 11.4 Å². The molecular formula is C15H15N3O2. The van der Waals surface area contributed by atoms with E-state index in [1.54, 1.807) is 12.1 Å². The number of nitrogens with one attached hydrogen (secondary N) is 2. The summed E-state index contributed by atoms with van der Waals surface area (Å²) >= 11 is 0. The van der Waals surface area contributed by atoms with Gasteiger partial charge in [-0.15, -0.1) is 0 Å². The molecule has 3 rings (SSSR count). The number of hydrogen-bond acceptors (Lipinski definition) is 4. The molecule has 0 fully saturated rings. The van der Waals surface area contributed by atoms with Crippen LogP contribution in [0.2, 0.25) is 0 Å². The topological polar surface area (TPSA) is 67.2 Å². The van der Waals surface area contributed by atoms with Gasteiger partial charge >= 0.3 is 0 Å². The van der Waals surface area contributed by atoms with E-state index in [9.17, 15) is 10.1 Å². The van der Waals surface area contributed by atoms with E-state index in [2.05, 4.69) is 28.8 Å². The van der Waals surface area contributed by atoms with E-state index in [1.165, 1.54) is 22.8 Å². The molecule has 2 N–H and O–H groups in total. The number of nitro groups is 1. The Bertz CT molecular complexity index is 655. The Kier molecular flexibility index (Phi) is 3.35. The quantitative estimate of drug-likeness (QED) is 0.661. The first-order valence-electron chi connectivity index (χ1n) is 6.52. The number of hydrogen-bond donors (Lipinski definition) is 2. The smallest absolute Gasteiger partial charge is 0.271 e. The van der Waals surface area contributed by atoms with Crippen LogP contribution in [0, 0.1) is 10.1 Å². The second-order valence-corrected chi connectivity index (χ2v) is 4.87. The van der Waals surface area contributed by atoms with Crippen LogP contribution in [-0.2, 0) is 19.6 Å². The summed E-state index contributed by atoms with van der Waals surface area (Å²) in [4.78, 5) is 10.3. The highest BCUT2D eigenvalue weighted by Gasteiger charge is 2.10. The zero-order valence-electron chi connectivity index (χ0n) is 10.9. The summed E-state index contributed by atoms with van der Waals surface area (Å²) in [7, 11) is 0. The van der Waals surface area contributed by atoms with Crippen LogP contribution in [-0.4, -0.2) is 4.92 Å². The maximum Gasteiger partial charge on any atom is 0.271 e. The number of non-ortho nitro benzene ring substituents is 1. The summed E-state index contributed by atoms with van der Waals surface area (Å²) in [5, 5.41) is 17.3. The number of nitrogens with zero attached hydrogens (tertiary/aromatic N) is 1. The predicted molar refractivity (Wildman–Crippen MR) is 77.4 cm³/mol. The highest BCUT2D eigenvalue weighted by atomic mass is 16.6. The van der Waals surface area contributed by atoms with Gasteiger partial charge in [-0.05, 0) is 22.8 Å². The molecule has 0 spiro atoms. The molecule has 5 heteroatoms. The van der Waals surface area contributed by atoms with E-state index in [1.807, 2.05) is 6.07 Å². The van der Waals surface area contributed by atoms with Crippen LogP contribution in [0.15, 0.2) is 42.5 Å². The van der Waals surface area contributed by atoms with Crippen molar-refractivity contribution in [1.29, 1.82) is 0 Å². The van der Waals surface area contributed by atoms with Gasteiger partial charge < -0.3 is 10.6 Å². The Labute approximate surface area is 116 Å². The van der Waals surface area contributed by atoms with Crippen molar-refractivity contribution in [2.24, 2.45) is 0 Å². The maximum absolute atomic E-state index is 10.7. The van der Waals surface area contributed by atoms with Gasteiger partial charge in [0, 0.05) is 37.5 Å². The predicted octanol–water partition coefficient (Wildman–Crippen LogP) is 2.81. The van der Waals surface area contributed by atoms with E-state index in [0.717, 1.165) is 18.8 Å². The number of rotatable bonds is 4. The highest BCUT2D eigenvalue weighted by molar-refractivity contribution is 5.51. The molecule has 0 atom stereocenters. The number of anilines is 1. The third kappa shape index (κ3) is 2.62. The van der Waals surface area contributed by atoms with E-state index < -0.39 is 0 Å². The van der Waals surface area contributed by atoms with Crippen LogP contribution in [0.25, 0.3) is 0 Å². The number of nitro benzene ring substituents is 1. The first-order valence-corrected chi connectivity index (χ1v) is 6.52. The minimum atomic E-state index is -0.383. The second kappa shape index (κ2) is 5.30. The lowest BCUT2D eigenvalue weighted by Crippen LogP contribution is -2.01. The van der Waals surface area contributed by atoms with Crippen molar-refractivity contribution in [2.75, 3.05) is 5.32 Å². The second-order valence-electron chi connectivity index (χ2n) is 4.87. The van der Waals surface area contributed by atoms with Crippen molar-refractivity contribution in [3.8, 4) is 0 Å². The normalized spacial score (nSPS) is 13.0. The summed E-state index contributed by atoms with van der Waals surface area (Å²) in [6.45, 7) is 2.52. The van der Waals surface area contributed by atoms with Crippen LogP contribution in [0.3, 0.4) is 0 Å². The zero-order chi connectivity index (χ0) is 13.9. The van der Waals surface area contributed by atoms with Crippen molar-refractivity contribution in [3.63, 3.8) is 0 Å². The van der Waals surface area contributed by atoms with E-state index in [4.69, 9.17) is 0 Å². The van der Waals surface area contributed by atoms with Gasteiger partial charge in [-0.1, -0.05) is 24.3 Å². The molecule has 1 heterocycles. The van der Waals surface area contributed by atoms with Crippen molar-refractivity contribution in [3.05, 3.63) is 69.3 Å². The van der Waals surface area contributed by atoms with E-state index in [0.29, 0.717) is 6.54 Å². The fourth-order valence-electron chi connectivity index (χ4n) is 2.39. The molecule has 0 bridgehead atoms. The minimum Gasteiger partial charge on any atom is -0.381 e. The molecule has 0 aromatic heterocycles. The van der Waals surface area contributed by atoms with Gasteiger partial charge in [0.25, 0.3) is 5.69 Å². The van der Waals surface area contributed by atoms with Gasteiger partial charge in [0.05, 0.1) is 4.92 Å². The van der Waals surface area contributed by atoms with Crippen molar-refractivity contribution < 1.29 is 4.92 Å². The lowest BCUT2D eigenvalue weighted by atomic mass is 10.1. The third-order valence-electron chi connectivity index (χ3n) is 3.46. The molecule has 0 saturated heterocycles. The van der Waals surface area contributed by atoms with Crippen LogP contribution in [0.4, 0.5) is 11.4 Å². The van der Waals surface area contributed by atoms with Crippen molar-refractivity contribution in [1.82, 2.24) is 5.32 Å². The summed E-state index contributed by atoms with van der Waals surface area (Å²) < 4.78 is 0. The molecule has 1 aliphatic rings. The standard InChI is InChI=1S/C15H15N3O2/c19-18(20)15-3-1-2-14(7-15)17-8-11-4-5-12-9-16-10-13(12)6-11/h1-7,16-17H,8-10H2. The SMILES string of the molecule is O=[N+]([O-])c1cccc(NCc2ccc3c(c2)CNC3)c1. The molecule has 1 aliphatic heterocycles. The van der Waals surface area contributed by atoms with Gasteiger partial charge in [-0.3, -0.25) is 10.1 Å². The number of benzene rings is 2. The largest absolute Gasteiger partial charge is 0.381 e. The van der Waals surface area contributed by atoms with Gasteiger partial charge in [-0.25, -0.2) is 0 Å². The summed E-state index contributed by atoms with van der Waals surface area (Å²) in [6.07, 6.45) is 0. The van der Waals surface area contributed by atoms with Crippen LogP contribution >= 0.6 is 0 Å². The summed E-state index contributed by atoms with van der Waals surface area (Å²) in [5.41, 5.74) is 4.73. The first-order chi connectivity index (χ1) is 9.72. The number of fused-ring (bicyclic) bond motifs is 1.